The summed E-state index contributed by atoms with van der Waals surface area (Å²) in [4.78, 5) is 12.3. The first-order valence-corrected chi connectivity index (χ1v) is 7.30. The highest BCUT2D eigenvalue weighted by Crippen LogP contribution is 2.19. The Morgan fingerprint density at radius 2 is 1.82 bits per heavy atom. The summed E-state index contributed by atoms with van der Waals surface area (Å²) in [6.45, 7) is 3.91. The van der Waals surface area contributed by atoms with E-state index in [0.717, 1.165) is 17.0 Å². The molecule has 22 heavy (non-hydrogen) atoms. The third-order valence-electron chi connectivity index (χ3n) is 3.29. The summed E-state index contributed by atoms with van der Waals surface area (Å²) < 4.78 is 10.9. The van der Waals surface area contributed by atoms with Gasteiger partial charge in [-0.2, -0.15) is 0 Å². The van der Waals surface area contributed by atoms with Gasteiger partial charge in [0.15, 0.2) is 6.10 Å². The molecule has 0 bridgehead atoms. The van der Waals surface area contributed by atoms with Crippen LogP contribution in [0.3, 0.4) is 0 Å². The van der Waals surface area contributed by atoms with Gasteiger partial charge in [-0.25, -0.2) is 0 Å². The molecule has 0 aliphatic carbocycles. The number of carbonyl (C=O) groups excluding carboxylic acids is 1. The van der Waals surface area contributed by atoms with Crippen LogP contribution in [0.25, 0.3) is 0 Å². The number of hydrogen-bond donors (Lipinski definition) is 1. The lowest BCUT2D eigenvalue weighted by atomic mass is 10.2. The molecule has 0 unspecified atom stereocenters. The van der Waals surface area contributed by atoms with Crippen molar-refractivity contribution in [1.82, 2.24) is 0 Å². The highest BCUT2D eigenvalue weighted by atomic mass is 16.5. The first-order chi connectivity index (χ1) is 10.6. The Bertz CT molecular complexity index is 622. The number of rotatable bonds is 6. The van der Waals surface area contributed by atoms with Gasteiger partial charge in [0.1, 0.15) is 11.5 Å². The fourth-order valence-corrected chi connectivity index (χ4v) is 2.09. The average Bonchev–Trinajstić information content (AvgIpc) is 2.53. The van der Waals surface area contributed by atoms with Crippen LogP contribution in [0.5, 0.6) is 11.5 Å². The molecule has 0 saturated heterocycles. The maximum atomic E-state index is 12.3. The maximum absolute atomic E-state index is 12.3. The molecule has 0 aliphatic rings. The molecular weight excluding hydrogens is 278 g/mol. The van der Waals surface area contributed by atoms with Crippen LogP contribution >= 0.6 is 0 Å². The van der Waals surface area contributed by atoms with Crippen molar-refractivity contribution in [3.8, 4) is 11.5 Å². The van der Waals surface area contributed by atoms with E-state index in [-0.39, 0.29) is 5.91 Å². The van der Waals surface area contributed by atoms with Crippen molar-refractivity contribution in [2.45, 2.75) is 26.4 Å². The summed E-state index contributed by atoms with van der Waals surface area (Å²) in [7, 11) is 1.61. The predicted molar refractivity (Wildman–Crippen MR) is 87.5 cm³/mol. The first kappa shape index (κ1) is 15.9. The number of amides is 1. The fourth-order valence-electron chi connectivity index (χ4n) is 2.09. The molecule has 2 aromatic rings. The van der Waals surface area contributed by atoms with Gasteiger partial charge in [-0.15, -0.1) is 0 Å². The average molecular weight is 299 g/mol. The van der Waals surface area contributed by atoms with Gasteiger partial charge >= 0.3 is 0 Å². The van der Waals surface area contributed by atoms with Crippen molar-refractivity contribution in [3.63, 3.8) is 0 Å². The Morgan fingerprint density at radius 1 is 1.14 bits per heavy atom. The van der Waals surface area contributed by atoms with Crippen LogP contribution < -0.4 is 14.8 Å². The van der Waals surface area contributed by atoms with Crippen LogP contribution in [0.1, 0.15) is 18.9 Å². The first-order valence-electron chi connectivity index (χ1n) is 7.30. The van der Waals surface area contributed by atoms with Crippen LogP contribution in [0, 0.1) is 6.92 Å². The molecule has 0 radical (unpaired) electrons. The number of anilines is 1. The Morgan fingerprint density at radius 3 is 2.41 bits per heavy atom. The summed E-state index contributed by atoms with van der Waals surface area (Å²) in [5.41, 5.74) is 1.88. The monoisotopic (exact) mass is 299 g/mol. The minimum absolute atomic E-state index is 0.149. The van der Waals surface area contributed by atoms with E-state index in [9.17, 15) is 4.79 Å². The smallest absolute Gasteiger partial charge is 0.265 e. The number of methoxy groups -OCH3 is 1. The summed E-state index contributed by atoms with van der Waals surface area (Å²) in [5, 5.41) is 2.89. The molecule has 116 valence electrons. The standard InChI is InChI=1S/C18H21NO3/c1-4-17(22-16-10-8-15(21-3)9-11-16)18(20)19-14-7-5-6-13(2)12-14/h5-12,17H,4H2,1-3H3,(H,19,20)/t17-/m0/s1. The van der Waals surface area contributed by atoms with E-state index in [2.05, 4.69) is 5.32 Å². The number of aryl methyl sites for hydroxylation is 1. The van der Waals surface area contributed by atoms with Gasteiger partial charge in [0.2, 0.25) is 0 Å². The molecule has 0 fully saturated rings. The molecular formula is C18H21NO3. The lowest BCUT2D eigenvalue weighted by molar-refractivity contribution is -0.122. The van der Waals surface area contributed by atoms with Crippen LogP contribution in [-0.2, 0) is 4.79 Å². The van der Waals surface area contributed by atoms with Gasteiger partial charge in [-0.05, 0) is 55.3 Å². The number of ether oxygens (including phenoxy) is 2. The zero-order valence-corrected chi connectivity index (χ0v) is 13.1. The third kappa shape index (κ3) is 4.25. The molecule has 1 amide bonds. The summed E-state index contributed by atoms with van der Waals surface area (Å²) in [5.74, 6) is 1.25. The second kappa shape index (κ2) is 7.50. The maximum Gasteiger partial charge on any atom is 0.265 e. The summed E-state index contributed by atoms with van der Waals surface area (Å²) in [6.07, 6.45) is 0.0536. The van der Waals surface area contributed by atoms with E-state index in [1.54, 1.807) is 31.4 Å². The molecule has 1 N–H and O–H groups in total. The number of carbonyl (C=O) groups is 1. The van der Waals surface area contributed by atoms with Gasteiger partial charge in [-0.1, -0.05) is 19.1 Å². The van der Waals surface area contributed by atoms with E-state index in [1.807, 2.05) is 38.1 Å². The van der Waals surface area contributed by atoms with Crippen molar-refractivity contribution in [2.24, 2.45) is 0 Å². The molecule has 2 rings (SSSR count). The van der Waals surface area contributed by atoms with Crippen LogP contribution in [0.2, 0.25) is 0 Å². The molecule has 0 heterocycles. The highest BCUT2D eigenvalue weighted by Gasteiger charge is 2.18. The summed E-state index contributed by atoms with van der Waals surface area (Å²) in [6, 6.07) is 14.9. The Hall–Kier alpha value is -2.49. The molecule has 2 aromatic carbocycles. The third-order valence-corrected chi connectivity index (χ3v) is 3.29. The van der Waals surface area contributed by atoms with Gasteiger partial charge in [0.25, 0.3) is 5.91 Å². The van der Waals surface area contributed by atoms with Gasteiger partial charge in [-0.3, -0.25) is 4.79 Å². The SMILES string of the molecule is CC[C@H](Oc1ccc(OC)cc1)C(=O)Nc1cccc(C)c1. The van der Waals surface area contributed by atoms with E-state index in [0.29, 0.717) is 12.2 Å². The Balaban J connectivity index is 2.02. The molecule has 0 aromatic heterocycles. The van der Waals surface area contributed by atoms with E-state index in [4.69, 9.17) is 9.47 Å². The minimum atomic E-state index is -0.533. The summed E-state index contributed by atoms with van der Waals surface area (Å²) >= 11 is 0. The number of hydrogen-bond acceptors (Lipinski definition) is 3. The second-order valence-electron chi connectivity index (χ2n) is 5.05. The lowest BCUT2D eigenvalue weighted by Crippen LogP contribution is -2.32. The van der Waals surface area contributed by atoms with Crippen molar-refractivity contribution < 1.29 is 14.3 Å². The Labute approximate surface area is 131 Å². The minimum Gasteiger partial charge on any atom is -0.497 e. The molecule has 1 atom stereocenters. The molecule has 4 heteroatoms. The normalized spacial score (nSPS) is 11.6. The van der Waals surface area contributed by atoms with Gasteiger partial charge < -0.3 is 14.8 Å². The lowest BCUT2D eigenvalue weighted by Gasteiger charge is -2.17. The topological polar surface area (TPSA) is 47.6 Å². The molecule has 4 nitrogen and oxygen atoms in total. The zero-order valence-electron chi connectivity index (χ0n) is 13.1. The number of nitrogens with one attached hydrogen (secondary N) is 1. The molecule has 0 saturated carbocycles. The van der Waals surface area contributed by atoms with Gasteiger partial charge in [0, 0.05) is 5.69 Å². The van der Waals surface area contributed by atoms with E-state index < -0.39 is 6.10 Å². The second-order valence-corrected chi connectivity index (χ2v) is 5.05. The van der Waals surface area contributed by atoms with Gasteiger partial charge in [0.05, 0.1) is 7.11 Å². The fraction of sp³-hybridized carbons (Fsp3) is 0.278. The van der Waals surface area contributed by atoms with Crippen molar-refractivity contribution >= 4 is 11.6 Å². The molecule has 0 spiro atoms. The van der Waals surface area contributed by atoms with Crippen LogP contribution in [0.15, 0.2) is 48.5 Å². The Kier molecular flexibility index (Phi) is 5.42. The largest absolute Gasteiger partial charge is 0.497 e. The van der Waals surface area contributed by atoms with E-state index in [1.165, 1.54) is 0 Å². The van der Waals surface area contributed by atoms with Crippen LogP contribution in [-0.4, -0.2) is 19.1 Å². The highest BCUT2D eigenvalue weighted by molar-refractivity contribution is 5.94. The number of benzene rings is 2. The van der Waals surface area contributed by atoms with Crippen LogP contribution in [0.4, 0.5) is 5.69 Å². The van der Waals surface area contributed by atoms with Crippen molar-refractivity contribution in [1.29, 1.82) is 0 Å². The predicted octanol–water partition coefficient (Wildman–Crippen LogP) is 3.80. The quantitative estimate of drug-likeness (QED) is 0.882. The van der Waals surface area contributed by atoms with E-state index >= 15 is 0 Å². The zero-order chi connectivity index (χ0) is 15.9. The van der Waals surface area contributed by atoms with Crippen molar-refractivity contribution in [2.75, 3.05) is 12.4 Å². The molecule has 0 aliphatic heterocycles. The van der Waals surface area contributed by atoms with Crippen molar-refractivity contribution in [3.05, 3.63) is 54.1 Å².